The molecule has 0 aliphatic carbocycles. The lowest BCUT2D eigenvalue weighted by Crippen LogP contribution is -1.98. The van der Waals surface area contributed by atoms with Gasteiger partial charge in [-0.1, -0.05) is 6.07 Å². The van der Waals surface area contributed by atoms with Gasteiger partial charge < -0.3 is 4.74 Å². The fourth-order valence-electron chi connectivity index (χ4n) is 1.34. The van der Waals surface area contributed by atoms with Gasteiger partial charge in [0.2, 0.25) is 0 Å². The molecule has 1 aromatic carbocycles. The highest BCUT2D eigenvalue weighted by atomic mass is 19.1. The van der Waals surface area contributed by atoms with Crippen molar-refractivity contribution in [2.24, 2.45) is 0 Å². The number of ether oxygens (including phenoxy) is 1. The van der Waals surface area contributed by atoms with Crippen molar-refractivity contribution in [2.75, 3.05) is 13.8 Å². The molecule has 0 unspecified atom stereocenters. The van der Waals surface area contributed by atoms with E-state index in [-0.39, 0.29) is 11.3 Å². The van der Waals surface area contributed by atoms with Crippen LogP contribution in [0.15, 0.2) is 18.2 Å². The molecule has 0 fully saturated rings. The number of halogens is 2. The number of rotatable bonds is 5. The number of aryl methyl sites for hydroxylation is 1. The standard InChI is InChI=1S/C11H12F2O2/c1-15-10-5-4-8(3-2-6-12)7-9(10)11(13)14/h4-5,7H,2-3,6H2,1H3. The third-order valence-corrected chi connectivity index (χ3v) is 2.07. The van der Waals surface area contributed by atoms with Gasteiger partial charge in [0, 0.05) is 0 Å². The molecular formula is C11H12F2O2. The molecule has 0 aliphatic heterocycles. The predicted octanol–water partition coefficient (Wildman–Crippen LogP) is 2.71. The highest BCUT2D eigenvalue weighted by molar-refractivity contribution is 5.91. The Kier molecular flexibility index (Phi) is 4.21. The van der Waals surface area contributed by atoms with Crippen molar-refractivity contribution in [1.82, 2.24) is 0 Å². The second kappa shape index (κ2) is 5.44. The van der Waals surface area contributed by atoms with E-state index in [0.29, 0.717) is 12.8 Å². The number of benzene rings is 1. The zero-order valence-electron chi connectivity index (χ0n) is 8.43. The van der Waals surface area contributed by atoms with Crippen LogP contribution in [-0.4, -0.2) is 19.8 Å². The van der Waals surface area contributed by atoms with Crippen LogP contribution in [0.5, 0.6) is 5.75 Å². The molecule has 0 spiro atoms. The number of methoxy groups -OCH3 is 1. The topological polar surface area (TPSA) is 26.3 Å². The number of hydrogen-bond donors (Lipinski definition) is 0. The van der Waals surface area contributed by atoms with E-state index in [4.69, 9.17) is 4.74 Å². The van der Waals surface area contributed by atoms with Crippen LogP contribution < -0.4 is 4.74 Å². The lowest BCUT2D eigenvalue weighted by atomic mass is 10.1. The Morgan fingerprint density at radius 3 is 2.73 bits per heavy atom. The maximum Gasteiger partial charge on any atom is 0.335 e. The summed E-state index contributed by atoms with van der Waals surface area (Å²) in [7, 11) is 1.36. The van der Waals surface area contributed by atoms with Crippen LogP contribution in [-0.2, 0) is 6.42 Å². The first-order valence-corrected chi connectivity index (χ1v) is 4.61. The van der Waals surface area contributed by atoms with Gasteiger partial charge in [0.05, 0.1) is 19.3 Å². The lowest BCUT2D eigenvalue weighted by molar-refractivity contribution is 0.0832. The highest BCUT2D eigenvalue weighted by Crippen LogP contribution is 2.21. The average Bonchev–Trinajstić information content (AvgIpc) is 2.25. The molecule has 15 heavy (non-hydrogen) atoms. The van der Waals surface area contributed by atoms with Crippen molar-refractivity contribution in [1.29, 1.82) is 0 Å². The first kappa shape index (κ1) is 11.6. The predicted molar refractivity (Wildman–Crippen MR) is 52.7 cm³/mol. The third-order valence-electron chi connectivity index (χ3n) is 2.07. The average molecular weight is 214 g/mol. The minimum absolute atomic E-state index is 0.103. The van der Waals surface area contributed by atoms with E-state index >= 15 is 0 Å². The highest BCUT2D eigenvalue weighted by Gasteiger charge is 2.11. The first-order valence-electron chi connectivity index (χ1n) is 4.61. The van der Waals surface area contributed by atoms with Crippen LogP contribution in [0.2, 0.25) is 0 Å². The molecule has 0 aromatic heterocycles. The van der Waals surface area contributed by atoms with E-state index in [9.17, 15) is 13.6 Å². The zero-order chi connectivity index (χ0) is 11.3. The summed E-state index contributed by atoms with van der Waals surface area (Å²) in [6.45, 7) is -0.426. The van der Waals surface area contributed by atoms with Crippen LogP contribution in [0.1, 0.15) is 22.3 Å². The molecule has 0 atom stereocenters. The Bertz CT molecular complexity index is 350. The van der Waals surface area contributed by atoms with Crippen LogP contribution in [0.3, 0.4) is 0 Å². The van der Waals surface area contributed by atoms with E-state index in [0.717, 1.165) is 5.56 Å². The van der Waals surface area contributed by atoms with Crippen LogP contribution in [0.4, 0.5) is 8.78 Å². The van der Waals surface area contributed by atoms with Crippen molar-refractivity contribution in [3.8, 4) is 5.75 Å². The molecule has 0 bridgehead atoms. The van der Waals surface area contributed by atoms with Gasteiger partial charge in [-0.25, -0.2) is 0 Å². The second-order valence-corrected chi connectivity index (χ2v) is 3.10. The SMILES string of the molecule is COc1ccc(CCCF)cc1C(=O)F. The number of carbonyl (C=O) groups excluding carboxylic acids is 1. The summed E-state index contributed by atoms with van der Waals surface area (Å²) >= 11 is 0. The molecule has 0 heterocycles. The molecule has 4 heteroatoms. The van der Waals surface area contributed by atoms with Gasteiger partial charge >= 0.3 is 6.04 Å². The smallest absolute Gasteiger partial charge is 0.335 e. The van der Waals surface area contributed by atoms with E-state index in [1.165, 1.54) is 19.2 Å². The molecule has 0 saturated carbocycles. The van der Waals surface area contributed by atoms with Gasteiger partial charge in [-0.05, 0) is 30.5 Å². The third kappa shape index (κ3) is 3.01. The maximum atomic E-state index is 12.6. The van der Waals surface area contributed by atoms with Gasteiger partial charge in [-0.2, -0.15) is 4.39 Å². The Morgan fingerprint density at radius 2 is 2.20 bits per heavy atom. The summed E-state index contributed by atoms with van der Waals surface area (Å²) in [6.07, 6.45) is 0.854. The first-order chi connectivity index (χ1) is 7.19. The molecule has 82 valence electrons. The van der Waals surface area contributed by atoms with Gasteiger partial charge in [0.25, 0.3) is 0 Å². The molecule has 1 rings (SSSR count). The molecule has 2 nitrogen and oxygen atoms in total. The molecular weight excluding hydrogens is 202 g/mol. The fourth-order valence-corrected chi connectivity index (χ4v) is 1.34. The summed E-state index contributed by atoms with van der Waals surface area (Å²) in [5, 5.41) is 0. The monoisotopic (exact) mass is 214 g/mol. The van der Waals surface area contributed by atoms with Crippen molar-refractivity contribution < 1.29 is 18.3 Å². The number of hydrogen-bond acceptors (Lipinski definition) is 2. The second-order valence-electron chi connectivity index (χ2n) is 3.10. The van der Waals surface area contributed by atoms with Gasteiger partial charge in [-0.3, -0.25) is 9.18 Å². The van der Waals surface area contributed by atoms with Crippen LogP contribution >= 0.6 is 0 Å². The largest absolute Gasteiger partial charge is 0.496 e. The van der Waals surface area contributed by atoms with E-state index in [2.05, 4.69) is 0 Å². The Labute approximate surface area is 86.9 Å². The minimum atomic E-state index is -1.53. The summed E-state index contributed by atoms with van der Waals surface area (Å²) in [5.74, 6) is 0.200. The Morgan fingerprint density at radius 1 is 1.47 bits per heavy atom. The summed E-state index contributed by atoms with van der Waals surface area (Å²) in [4.78, 5) is 10.6. The van der Waals surface area contributed by atoms with Crippen molar-refractivity contribution in [3.63, 3.8) is 0 Å². The van der Waals surface area contributed by atoms with Crippen molar-refractivity contribution >= 4 is 6.04 Å². The fraction of sp³-hybridized carbons (Fsp3) is 0.364. The van der Waals surface area contributed by atoms with Gasteiger partial charge in [-0.15, -0.1) is 0 Å². The molecule has 0 amide bonds. The number of alkyl halides is 1. The Hall–Kier alpha value is -1.45. The molecule has 0 N–H and O–H groups in total. The van der Waals surface area contributed by atoms with E-state index < -0.39 is 12.7 Å². The van der Waals surface area contributed by atoms with Gasteiger partial charge in [0.1, 0.15) is 5.75 Å². The Balaban J connectivity index is 2.94. The molecule has 0 radical (unpaired) electrons. The summed E-state index contributed by atoms with van der Waals surface area (Å²) in [5.41, 5.74) is 0.628. The van der Waals surface area contributed by atoms with Crippen LogP contribution in [0.25, 0.3) is 0 Å². The van der Waals surface area contributed by atoms with E-state index in [1.807, 2.05) is 0 Å². The lowest BCUT2D eigenvalue weighted by Gasteiger charge is -2.06. The zero-order valence-corrected chi connectivity index (χ0v) is 8.43. The van der Waals surface area contributed by atoms with Crippen molar-refractivity contribution in [3.05, 3.63) is 29.3 Å². The molecule has 0 saturated heterocycles. The minimum Gasteiger partial charge on any atom is -0.496 e. The summed E-state index contributed by atoms with van der Waals surface area (Å²) < 4.78 is 29.3. The van der Waals surface area contributed by atoms with Crippen LogP contribution in [0, 0.1) is 0 Å². The van der Waals surface area contributed by atoms with E-state index in [1.54, 1.807) is 6.07 Å². The molecule has 1 aromatic rings. The van der Waals surface area contributed by atoms with Crippen molar-refractivity contribution in [2.45, 2.75) is 12.8 Å². The normalized spacial score (nSPS) is 10.1. The quantitative estimate of drug-likeness (QED) is 0.704. The molecule has 0 aliphatic rings. The summed E-state index contributed by atoms with van der Waals surface area (Å²) in [6, 6.07) is 3.08. The maximum absolute atomic E-state index is 12.6. The van der Waals surface area contributed by atoms with Gasteiger partial charge in [0.15, 0.2) is 0 Å². The number of carbonyl (C=O) groups is 1.